The molecule has 0 radical (unpaired) electrons. The minimum Gasteiger partial charge on any atom is -0.395 e. The molecule has 0 bridgehead atoms. The minimum atomic E-state index is -4.41. The molecule has 0 aromatic heterocycles. The van der Waals surface area contributed by atoms with Crippen molar-refractivity contribution in [1.29, 1.82) is 0 Å². The molecule has 0 saturated heterocycles. The van der Waals surface area contributed by atoms with Gasteiger partial charge >= 0.3 is 10.4 Å². The zero-order chi connectivity index (χ0) is 10.0. The summed E-state index contributed by atoms with van der Waals surface area (Å²) in [6.07, 6.45) is 0. The lowest BCUT2D eigenvalue weighted by Gasteiger charge is -1.92. The molecule has 0 heterocycles. The first-order valence-electron chi connectivity index (χ1n) is 3.07. The van der Waals surface area contributed by atoms with Gasteiger partial charge in [0.15, 0.2) is 0 Å². The van der Waals surface area contributed by atoms with E-state index in [0.717, 1.165) is 0 Å². The molecule has 0 aliphatic carbocycles. The second kappa shape index (κ2) is 8.84. The van der Waals surface area contributed by atoms with Crippen molar-refractivity contribution in [2.75, 3.05) is 19.8 Å². The summed E-state index contributed by atoms with van der Waals surface area (Å²) >= 11 is 0. The van der Waals surface area contributed by atoms with E-state index in [2.05, 4.69) is 9.22 Å². The Morgan fingerprint density at radius 3 is 2.00 bits per heavy atom. The van der Waals surface area contributed by atoms with Crippen LogP contribution in [0, 0.1) is 0 Å². The Bertz CT molecular complexity index is 164. The zero-order valence-corrected chi connectivity index (χ0v) is 7.45. The molecule has 0 amide bonds. The van der Waals surface area contributed by atoms with Gasteiger partial charge in [-0.3, -0.25) is 4.55 Å². The van der Waals surface area contributed by atoms with Crippen molar-refractivity contribution in [1.82, 2.24) is 0 Å². The molecule has 0 aliphatic rings. The number of hydrogen-bond acceptors (Lipinski definition) is 6. The fourth-order valence-electron chi connectivity index (χ4n) is 0.109. The molecular weight excluding hydrogens is 190 g/mol. The van der Waals surface area contributed by atoms with Gasteiger partial charge in [-0.25, -0.2) is 4.89 Å². The molecule has 4 N–H and O–H groups in total. The van der Waals surface area contributed by atoms with Gasteiger partial charge in [-0.05, 0) is 6.92 Å². The molecule has 0 saturated carbocycles. The Kier molecular flexibility index (Phi) is 10.5. The third-order valence-corrected chi connectivity index (χ3v) is 0.649. The van der Waals surface area contributed by atoms with E-state index < -0.39 is 10.4 Å². The van der Waals surface area contributed by atoms with E-state index in [4.69, 9.17) is 15.4 Å². The number of nitrogens with two attached hydrogens (primary N) is 1. The molecule has 0 aromatic carbocycles. The maximum atomic E-state index is 9.60. The largest absolute Gasteiger partial charge is 0.424 e. The highest BCUT2D eigenvalue weighted by Gasteiger charge is 2.02. The molecule has 0 spiro atoms. The molecule has 76 valence electrons. The van der Waals surface area contributed by atoms with Gasteiger partial charge in [0, 0.05) is 6.54 Å². The quantitative estimate of drug-likeness (QED) is 0.295. The van der Waals surface area contributed by atoms with Gasteiger partial charge in [0.2, 0.25) is 0 Å². The summed E-state index contributed by atoms with van der Waals surface area (Å²) in [5.74, 6) is 0. The van der Waals surface area contributed by atoms with Crippen LogP contribution in [0.5, 0.6) is 0 Å². The molecule has 8 heteroatoms. The van der Waals surface area contributed by atoms with Crippen LogP contribution in [0.1, 0.15) is 6.92 Å². The molecular formula is C4H13NO6S. The van der Waals surface area contributed by atoms with Crippen molar-refractivity contribution in [2.24, 2.45) is 5.73 Å². The van der Waals surface area contributed by atoms with Crippen LogP contribution in [0.4, 0.5) is 0 Å². The van der Waals surface area contributed by atoms with Gasteiger partial charge in [-0.2, -0.15) is 8.42 Å². The Labute approximate surface area is 71.0 Å². The van der Waals surface area contributed by atoms with Crippen molar-refractivity contribution in [2.45, 2.75) is 6.92 Å². The van der Waals surface area contributed by atoms with Gasteiger partial charge in [0.25, 0.3) is 0 Å². The number of rotatable bonds is 4. The van der Waals surface area contributed by atoms with Gasteiger partial charge in [-0.15, -0.1) is 0 Å². The second-order valence-electron chi connectivity index (χ2n) is 1.41. The highest BCUT2D eigenvalue weighted by Crippen LogP contribution is 1.85. The van der Waals surface area contributed by atoms with Crippen LogP contribution in [0.3, 0.4) is 0 Å². The predicted molar refractivity (Wildman–Crippen MR) is 40.4 cm³/mol. The highest BCUT2D eigenvalue weighted by molar-refractivity contribution is 7.80. The minimum absolute atomic E-state index is 0.0692. The maximum absolute atomic E-state index is 9.60. The zero-order valence-electron chi connectivity index (χ0n) is 6.63. The number of aliphatic hydroxyl groups excluding tert-OH is 1. The van der Waals surface area contributed by atoms with Crippen LogP contribution in [0.15, 0.2) is 0 Å². The second-order valence-corrected chi connectivity index (χ2v) is 2.41. The van der Waals surface area contributed by atoms with Crippen LogP contribution in [0.25, 0.3) is 0 Å². The Morgan fingerprint density at radius 2 is 1.92 bits per heavy atom. The van der Waals surface area contributed by atoms with Crippen LogP contribution in [-0.2, 0) is 19.6 Å². The highest BCUT2D eigenvalue weighted by atomic mass is 32.3. The van der Waals surface area contributed by atoms with Gasteiger partial charge in [0.1, 0.15) is 0 Å². The standard InChI is InChI=1S/C2H7NO.C2H6O5S/c3-1-2-4;1-2-6-7-8(3,4)5/h4H,1-3H2;2H2,1H3,(H,3,4,5). The third-order valence-electron chi connectivity index (χ3n) is 0.381. The first-order chi connectivity index (χ1) is 5.47. The first kappa shape index (κ1) is 14.3. The Morgan fingerprint density at radius 1 is 1.50 bits per heavy atom. The lowest BCUT2D eigenvalue weighted by molar-refractivity contribution is -0.203. The van der Waals surface area contributed by atoms with Crippen molar-refractivity contribution < 1.29 is 27.3 Å². The van der Waals surface area contributed by atoms with E-state index in [0.29, 0.717) is 6.54 Å². The van der Waals surface area contributed by atoms with E-state index in [1.54, 1.807) is 0 Å². The van der Waals surface area contributed by atoms with Crippen molar-refractivity contribution in [3.05, 3.63) is 0 Å². The Balaban J connectivity index is 0. The summed E-state index contributed by atoms with van der Waals surface area (Å²) in [6.45, 7) is 2.06. The smallest absolute Gasteiger partial charge is 0.395 e. The van der Waals surface area contributed by atoms with Crippen LogP contribution < -0.4 is 5.73 Å². The van der Waals surface area contributed by atoms with E-state index in [-0.39, 0.29) is 13.2 Å². The van der Waals surface area contributed by atoms with Crippen LogP contribution in [-0.4, -0.2) is 37.8 Å². The molecule has 0 fully saturated rings. The molecule has 12 heavy (non-hydrogen) atoms. The van der Waals surface area contributed by atoms with E-state index in [1.807, 2.05) is 0 Å². The molecule has 7 nitrogen and oxygen atoms in total. The fourth-order valence-corrected chi connectivity index (χ4v) is 0.327. The summed E-state index contributed by atoms with van der Waals surface area (Å²) in [4.78, 5) is 3.86. The van der Waals surface area contributed by atoms with Gasteiger partial charge < -0.3 is 10.8 Å². The Hall–Kier alpha value is -0.250. The average molecular weight is 203 g/mol. The molecule has 0 unspecified atom stereocenters. The molecule has 0 rings (SSSR count). The van der Waals surface area contributed by atoms with Crippen molar-refractivity contribution in [3.63, 3.8) is 0 Å². The normalized spacial score (nSPS) is 10.3. The monoisotopic (exact) mass is 203 g/mol. The summed E-state index contributed by atoms with van der Waals surface area (Å²) in [5.41, 5.74) is 4.78. The van der Waals surface area contributed by atoms with E-state index >= 15 is 0 Å². The van der Waals surface area contributed by atoms with Crippen molar-refractivity contribution in [3.8, 4) is 0 Å². The third kappa shape index (κ3) is 22.6. The number of aliphatic hydroxyl groups is 1. The summed E-state index contributed by atoms with van der Waals surface area (Å²) in [6, 6.07) is 0. The first-order valence-corrected chi connectivity index (χ1v) is 4.43. The maximum Gasteiger partial charge on any atom is 0.424 e. The topological polar surface area (TPSA) is 119 Å². The molecule has 0 aromatic rings. The molecule has 0 atom stereocenters. The van der Waals surface area contributed by atoms with Crippen molar-refractivity contribution >= 4 is 10.4 Å². The lowest BCUT2D eigenvalue weighted by atomic mass is 10.8. The summed E-state index contributed by atoms with van der Waals surface area (Å²) < 4.78 is 30.4. The van der Waals surface area contributed by atoms with Crippen LogP contribution in [0.2, 0.25) is 0 Å². The number of hydrogen-bond donors (Lipinski definition) is 3. The average Bonchev–Trinajstić information content (AvgIpc) is 2.00. The summed E-state index contributed by atoms with van der Waals surface area (Å²) in [7, 11) is -4.41. The SMILES string of the molecule is CCOOS(=O)(=O)O.NCCO. The van der Waals surface area contributed by atoms with E-state index in [1.165, 1.54) is 6.92 Å². The lowest BCUT2D eigenvalue weighted by Crippen LogP contribution is -2.03. The fraction of sp³-hybridized carbons (Fsp3) is 1.00. The predicted octanol–water partition coefficient (Wildman–Crippen LogP) is -1.31. The molecule has 0 aliphatic heterocycles. The summed E-state index contributed by atoms with van der Waals surface area (Å²) in [5, 5.41) is 7.75. The van der Waals surface area contributed by atoms with Gasteiger partial charge in [0.05, 0.1) is 13.2 Å². The van der Waals surface area contributed by atoms with Gasteiger partial charge in [-0.1, -0.05) is 4.33 Å². The van der Waals surface area contributed by atoms with Crippen LogP contribution >= 0.6 is 0 Å². The van der Waals surface area contributed by atoms with E-state index in [9.17, 15) is 8.42 Å².